The van der Waals surface area contributed by atoms with Crippen molar-refractivity contribution in [3.05, 3.63) is 0 Å². The van der Waals surface area contributed by atoms with E-state index in [1.54, 1.807) is 0 Å². The van der Waals surface area contributed by atoms with Crippen molar-refractivity contribution in [2.45, 2.75) is 52.4 Å². The number of nitrogens with one attached hydrogen (secondary N) is 1. The maximum absolute atomic E-state index is 12.1. The zero-order valence-corrected chi connectivity index (χ0v) is 12.2. The first kappa shape index (κ1) is 14.5. The minimum atomic E-state index is -0.0682. The average Bonchev–Trinajstić information content (AvgIpc) is 2.37. The van der Waals surface area contributed by atoms with Crippen molar-refractivity contribution in [3.63, 3.8) is 0 Å². The van der Waals surface area contributed by atoms with Gasteiger partial charge < -0.3 is 4.90 Å². The maximum atomic E-state index is 12.1. The lowest BCUT2D eigenvalue weighted by Crippen LogP contribution is -2.55. The Kier molecular flexibility index (Phi) is 4.61. The molecule has 1 unspecified atom stereocenters. The summed E-state index contributed by atoms with van der Waals surface area (Å²) in [5, 5.41) is 2.53. The van der Waals surface area contributed by atoms with Gasteiger partial charge in [0.15, 0.2) is 0 Å². The number of piperidine rings is 2. The molecule has 0 bridgehead atoms. The second-order valence-electron chi connectivity index (χ2n) is 6.13. The molecule has 2 heterocycles. The van der Waals surface area contributed by atoms with Crippen LogP contribution in [0.1, 0.15) is 52.4 Å². The van der Waals surface area contributed by atoms with Crippen molar-refractivity contribution in [1.82, 2.24) is 10.2 Å². The number of carbonyl (C=O) groups is 2. The van der Waals surface area contributed by atoms with Crippen molar-refractivity contribution in [2.24, 2.45) is 11.3 Å². The van der Waals surface area contributed by atoms with Crippen molar-refractivity contribution >= 4 is 11.8 Å². The number of hydrogen-bond donors (Lipinski definition) is 1. The molecule has 19 heavy (non-hydrogen) atoms. The van der Waals surface area contributed by atoms with Gasteiger partial charge in [0.05, 0.1) is 0 Å². The van der Waals surface area contributed by atoms with Gasteiger partial charge in [0, 0.05) is 12.3 Å². The Labute approximate surface area is 115 Å². The van der Waals surface area contributed by atoms with E-state index >= 15 is 0 Å². The van der Waals surface area contributed by atoms with Crippen LogP contribution in [0.5, 0.6) is 0 Å². The van der Waals surface area contributed by atoms with E-state index in [2.05, 4.69) is 24.1 Å². The van der Waals surface area contributed by atoms with Crippen LogP contribution in [0.2, 0.25) is 0 Å². The molecule has 0 radical (unpaired) electrons. The molecule has 108 valence electrons. The van der Waals surface area contributed by atoms with Crippen LogP contribution >= 0.6 is 0 Å². The minimum Gasteiger partial charge on any atom is -0.303 e. The summed E-state index contributed by atoms with van der Waals surface area (Å²) in [5.41, 5.74) is -0.0559. The van der Waals surface area contributed by atoms with Crippen molar-refractivity contribution in [3.8, 4) is 0 Å². The number of likely N-dealkylation sites (tertiary alicyclic amines) is 1. The van der Waals surface area contributed by atoms with Crippen LogP contribution in [-0.4, -0.2) is 36.3 Å². The summed E-state index contributed by atoms with van der Waals surface area (Å²) in [6, 6.07) is 0. The standard InChI is InChI=1S/C15H26N2O2/c1-3-5-12-14(19)16-13(18)11-15(12)6-9-17(8-4-2)10-7-15/h12H,3-11H2,1-2H3,(H,16,18,19). The quantitative estimate of drug-likeness (QED) is 0.791. The third kappa shape index (κ3) is 2.99. The largest absolute Gasteiger partial charge is 0.303 e. The zero-order chi connectivity index (χ0) is 13.9. The fraction of sp³-hybridized carbons (Fsp3) is 0.867. The minimum absolute atomic E-state index is 0.0259. The number of nitrogens with zero attached hydrogens (tertiary/aromatic N) is 1. The normalized spacial score (nSPS) is 27.6. The molecule has 2 aliphatic heterocycles. The third-order valence-electron chi connectivity index (χ3n) is 4.80. The van der Waals surface area contributed by atoms with E-state index < -0.39 is 0 Å². The number of hydrogen-bond acceptors (Lipinski definition) is 3. The van der Waals surface area contributed by atoms with Crippen LogP contribution in [0.15, 0.2) is 0 Å². The SMILES string of the molecule is CCCC1C(=O)NC(=O)CC12CCN(CCC)CC2. The molecule has 2 amide bonds. The number of carbonyl (C=O) groups excluding carboxylic acids is 2. The number of rotatable bonds is 4. The summed E-state index contributed by atoms with van der Waals surface area (Å²) in [7, 11) is 0. The first-order valence-corrected chi connectivity index (χ1v) is 7.67. The molecule has 2 rings (SSSR count). The molecule has 2 fully saturated rings. The predicted octanol–water partition coefficient (Wildman–Crippen LogP) is 1.94. The molecule has 4 heteroatoms. The van der Waals surface area contributed by atoms with Gasteiger partial charge in [-0.3, -0.25) is 14.9 Å². The Morgan fingerprint density at radius 1 is 1.21 bits per heavy atom. The lowest BCUT2D eigenvalue weighted by molar-refractivity contribution is -0.146. The van der Waals surface area contributed by atoms with Gasteiger partial charge in [-0.05, 0) is 50.7 Å². The zero-order valence-electron chi connectivity index (χ0n) is 12.2. The molecule has 4 nitrogen and oxygen atoms in total. The molecular formula is C15H26N2O2. The second kappa shape index (κ2) is 6.04. The molecule has 2 aliphatic rings. The highest BCUT2D eigenvalue weighted by Gasteiger charge is 2.48. The molecule has 0 saturated carbocycles. The Bertz CT molecular complexity index is 346. The summed E-state index contributed by atoms with van der Waals surface area (Å²) < 4.78 is 0. The van der Waals surface area contributed by atoms with Gasteiger partial charge >= 0.3 is 0 Å². The van der Waals surface area contributed by atoms with Gasteiger partial charge in [0.1, 0.15) is 0 Å². The Balaban J connectivity index is 2.10. The molecule has 1 atom stereocenters. The molecule has 0 aromatic heterocycles. The van der Waals surface area contributed by atoms with Crippen LogP contribution < -0.4 is 5.32 Å². The fourth-order valence-electron chi connectivity index (χ4n) is 3.78. The summed E-state index contributed by atoms with van der Waals surface area (Å²) in [5.74, 6) is -0.0534. The Hall–Kier alpha value is -0.900. The van der Waals surface area contributed by atoms with Crippen LogP contribution in [0.4, 0.5) is 0 Å². The van der Waals surface area contributed by atoms with Gasteiger partial charge in [-0.25, -0.2) is 0 Å². The first-order chi connectivity index (χ1) is 9.11. The van der Waals surface area contributed by atoms with E-state index in [0.717, 1.165) is 45.3 Å². The summed E-state index contributed by atoms with van der Waals surface area (Å²) >= 11 is 0. The van der Waals surface area contributed by atoms with Crippen molar-refractivity contribution < 1.29 is 9.59 Å². The van der Waals surface area contributed by atoms with E-state index in [1.165, 1.54) is 6.42 Å². The molecule has 1 spiro atoms. The van der Waals surface area contributed by atoms with Crippen LogP contribution in [-0.2, 0) is 9.59 Å². The lowest BCUT2D eigenvalue weighted by atomic mass is 9.63. The smallest absolute Gasteiger partial charge is 0.230 e. The van der Waals surface area contributed by atoms with Gasteiger partial charge in [0.25, 0.3) is 0 Å². The fourth-order valence-corrected chi connectivity index (χ4v) is 3.78. The summed E-state index contributed by atoms with van der Waals surface area (Å²) in [6.07, 6.45) is 5.63. The summed E-state index contributed by atoms with van der Waals surface area (Å²) in [6.45, 7) is 7.52. The Morgan fingerprint density at radius 3 is 2.47 bits per heavy atom. The van der Waals surface area contributed by atoms with Crippen molar-refractivity contribution in [1.29, 1.82) is 0 Å². The van der Waals surface area contributed by atoms with Gasteiger partial charge in [-0.2, -0.15) is 0 Å². The first-order valence-electron chi connectivity index (χ1n) is 7.67. The van der Waals surface area contributed by atoms with E-state index in [0.29, 0.717) is 6.42 Å². The molecular weight excluding hydrogens is 240 g/mol. The monoisotopic (exact) mass is 266 g/mol. The predicted molar refractivity (Wildman–Crippen MR) is 74.6 cm³/mol. The van der Waals surface area contributed by atoms with E-state index in [1.807, 2.05) is 0 Å². The highest BCUT2D eigenvalue weighted by atomic mass is 16.2. The Morgan fingerprint density at radius 2 is 1.89 bits per heavy atom. The maximum Gasteiger partial charge on any atom is 0.230 e. The third-order valence-corrected chi connectivity index (χ3v) is 4.80. The molecule has 1 N–H and O–H groups in total. The van der Waals surface area contributed by atoms with Crippen LogP contribution in [0, 0.1) is 11.3 Å². The second-order valence-corrected chi connectivity index (χ2v) is 6.13. The number of amides is 2. The van der Waals surface area contributed by atoms with E-state index in [4.69, 9.17) is 0 Å². The van der Waals surface area contributed by atoms with Gasteiger partial charge in [0.2, 0.25) is 11.8 Å². The lowest BCUT2D eigenvalue weighted by Gasteiger charge is -2.47. The number of imide groups is 1. The van der Waals surface area contributed by atoms with Crippen LogP contribution in [0.25, 0.3) is 0 Å². The van der Waals surface area contributed by atoms with Gasteiger partial charge in [-0.1, -0.05) is 20.3 Å². The highest BCUT2D eigenvalue weighted by Crippen LogP contribution is 2.46. The van der Waals surface area contributed by atoms with Crippen molar-refractivity contribution in [2.75, 3.05) is 19.6 Å². The molecule has 0 aromatic rings. The topological polar surface area (TPSA) is 49.4 Å². The summed E-state index contributed by atoms with van der Waals surface area (Å²) in [4.78, 5) is 26.4. The average molecular weight is 266 g/mol. The highest BCUT2D eigenvalue weighted by molar-refractivity contribution is 5.99. The molecule has 0 aliphatic carbocycles. The van der Waals surface area contributed by atoms with Crippen LogP contribution in [0.3, 0.4) is 0 Å². The molecule has 2 saturated heterocycles. The van der Waals surface area contributed by atoms with E-state index in [-0.39, 0.29) is 23.1 Å². The van der Waals surface area contributed by atoms with E-state index in [9.17, 15) is 9.59 Å². The molecule has 0 aromatic carbocycles. The van der Waals surface area contributed by atoms with Gasteiger partial charge in [-0.15, -0.1) is 0 Å².